The second-order valence-electron chi connectivity index (χ2n) is 5.79. The number of rotatable bonds is 6. The third-order valence-electron chi connectivity index (χ3n) is 4.42. The first kappa shape index (κ1) is 16.7. The predicted molar refractivity (Wildman–Crippen MR) is 88.1 cm³/mol. The molecule has 2 rings (SSSR count). The van der Waals surface area contributed by atoms with Crippen LogP contribution in [-0.4, -0.2) is 54.2 Å². The van der Waals surface area contributed by atoms with Gasteiger partial charge in [-0.05, 0) is 18.5 Å². The van der Waals surface area contributed by atoms with Crippen molar-refractivity contribution in [1.82, 2.24) is 9.80 Å². The Morgan fingerprint density at radius 2 is 1.59 bits per heavy atom. The summed E-state index contributed by atoms with van der Waals surface area (Å²) in [4.78, 5) is 28.6. The van der Waals surface area contributed by atoms with E-state index in [1.165, 1.54) is 5.56 Å². The van der Waals surface area contributed by atoms with Crippen LogP contribution in [0.25, 0.3) is 0 Å². The minimum absolute atomic E-state index is 0.0585. The van der Waals surface area contributed by atoms with Crippen molar-refractivity contribution in [3.8, 4) is 0 Å². The Hall–Kier alpha value is -1.68. The van der Waals surface area contributed by atoms with Crippen LogP contribution in [0.3, 0.4) is 0 Å². The molecule has 1 amide bonds. The largest absolute Gasteiger partial charge is 0.340 e. The van der Waals surface area contributed by atoms with Gasteiger partial charge in [-0.15, -0.1) is 0 Å². The van der Waals surface area contributed by atoms with Gasteiger partial charge in [0.1, 0.15) is 0 Å². The topological polar surface area (TPSA) is 40.6 Å². The first-order chi connectivity index (χ1) is 10.6. The summed E-state index contributed by atoms with van der Waals surface area (Å²) >= 11 is 0. The summed E-state index contributed by atoms with van der Waals surface area (Å²) in [5.74, 6) is 0.164. The molecule has 4 nitrogen and oxygen atoms in total. The van der Waals surface area contributed by atoms with Crippen LogP contribution in [0.4, 0.5) is 0 Å². The molecule has 1 aromatic carbocycles. The molecule has 1 heterocycles. The van der Waals surface area contributed by atoms with E-state index in [0.717, 1.165) is 39.1 Å². The van der Waals surface area contributed by atoms with Gasteiger partial charge in [-0.25, -0.2) is 0 Å². The molecule has 0 saturated carbocycles. The fraction of sp³-hybridized carbons (Fsp3) is 0.556. The molecule has 0 unspecified atom stereocenters. The maximum Gasteiger partial charge on any atom is 0.223 e. The van der Waals surface area contributed by atoms with Gasteiger partial charge in [-0.3, -0.25) is 9.59 Å². The van der Waals surface area contributed by atoms with Gasteiger partial charge in [-0.2, -0.15) is 0 Å². The number of hydrogen-bond donors (Lipinski definition) is 0. The molecule has 0 atom stereocenters. The minimum atomic E-state index is 0.0585. The van der Waals surface area contributed by atoms with E-state index in [0.29, 0.717) is 18.4 Å². The Labute approximate surface area is 133 Å². The van der Waals surface area contributed by atoms with E-state index in [4.69, 9.17) is 0 Å². The summed E-state index contributed by atoms with van der Waals surface area (Å²) < 4.78 is 0. The Balaban J connectivity index is 1.79. The van der Waals surface area contributed by atoms with Crippen LogP contribution < -0.4 is 0 Å². The van der Waals surface area contributed by atoms with E-state index in [9.17, 15) is 9.59 Å². The molecule has 120 valence electrons. The summed E-state index contributed by atoms with van der Waals surface area (Å²) in [5, 5.41) is 0. The molecule has 0 spiro atoms. The zero-order valence-corrected chi connectivity index (χ0v) is 13.7. The third-order valence-corrected chi connectivity index (χ3v) is 4.42. The number of benzene rings is 1. The van der Waals surface area contributed by atoms with Gasteiger partial charge in [0.25, 0.3) is 0 Å². The monoisotopic (exact) mass is 302 g/mol. The first-order valence-electron chi connectivity index (χ1n) is 8.26. The summed E-state index contributed by atoms with van der Waals surface area (Å²) in [7, 11) is 0. The maximum atomic E-state index is 12.2. The van der Waals surface area contributed by atoms with Crippen molar-refractivity contribution in [3.05, 3.63) is 35.4 Å². The molecule has 1 fully saturated rings. The summed E-state index contributed by atoms with van der Waals surface area (Å²) in [6.07, 6.45) is 1.59. The van der Waals surface area contributed by atoms with Crippen molar-refractivity contribution in [2.75, 3.05) is 32.7 Å². The van der Waals surface area contributed by atoms with Crippen LogP contribution in [0.1, 0.15) is 42.6 Å². The van der Waals surface area contributed by atoms with E-state index < -0.39 is 0 Å². The Morgan fingerprint density at radius 1 is 0.955 bits per heavy atom. The molecule has 0 aromatic heterocycles. The lowest BCUT2D eigenvalue weighted by Crippen LogP contribution is -2.48. The number of aryl methyl sites for hydroxylation is 1. The molecule has 22 heavy (non-hydrogen) atoms. The lowest BCUT2D eigenvalue weighted by molar-refractivity contribution is -0.132. The second-order valence-corrected chi connectivity index (χ2v) is 5.79. The highest BCUT2D eigenvalue weighted by molar-refractivity contribution is 5.98. The van der Waals surface area contributed by atoms with Crippen molar-refractivity contribution in [3.63, 3.8) is 0 Å². The molecule has 0 bridgehead atoms. The van der Waals surface area contributed by atoms with Crippen molar-refractivity contribution in [2.45, 2.75) is 33.1 Å². The Bertz CT molecular complexity index is 502. The SMILES string of the molecule is CCc1ccc(C(=O)CCC(=O)N2CCN(CC)CC2)cc1. The van der Waals surface area contributed by atoms with E-state index in [1.54, 1.807) is 0 Å². The quantitative estimate of drug-likeness (QED) is 0.758. The molecule has 1 aliphatic heterocycles. The van der Waals surface area contributed by atoms with Crippen molar-refractivity contribution >= 4 is 11.7 Å². The van der Waals surface area contributed by atoms with Gasteiger partial charge in [0.2, 0.25) is 5.91 Å². The van der Waals surface area contributed by atoms with Gasteiger partial charge < -0.3 is 9.80 Å². The van der Waals surface area contributed by atoms with Crippen LogP contribution in [0, 0.1) is 0 Å². The fourth-order valence-corrected chi connectivity index (χ4v) is 2.76. The standard InChI is InChI=1S/C18H26N2O2/c1-3-15-5-7-16(8-6-15)17(21)9-10-18(22)20-13-11-19(4-2)12-14-20/h5-8H,3-4,9-14H2,1-2H3. The normalized spacial score (nSPS) is 15.8. The first-order valence-corrected chi connectivity index (χ1v) is 8.26. The summed E-state index contributed by atoms with van der Waals surface area (Å²) in [6.45, 7) is 8.71. The smallest absolute Gasteiger partial charge is 0.223 e. The van der Waals surface area contributed by atoms with Crippen LogP contribution in [0.5, 0.6) is 0 Å². The molecule has 0 aliphatic carbocycles. The van der Waals surface area contributed by atoms with Crippen LogP contribution in [-0.2, 0) is 11.2 Å². The highest BCUT2D eigenvalue weighted by Crippen LogP contribution is 2.11. The van der Waals surface area contributed by atoms with Gasteiger partial charge >= 0.3 is 0 Å². The number of hydrogen-bond acceptors (Lipinski definition) is 3. The van der Waals surface area contributed by atoms with Gasteiger partial charge in [-0.1, -0.05) is 38.1 Å². The van der Waals surface area contributed by atoms with E-state index in [2.05, 4.69) is 18.7 Å². The minimum Gasteiger partial charge on any atom is -0.340 e. The van der Waals surface area contributed by atoms with Gasteiger partial charge in [0.15, 0.2) is 5.78 Å². The second kappa shape index (κ2) is 8.08. The number of Topliss-reactive ketones (excluding diaryl/α,β-unsaturated/α-hetero) is 1. The molecule has 1 aliphatic rings. The third kappa shape index (κ3) is 4.41. The van der Waals surface area contributed by atoms with E-state index in [1.807, 2.05) is 29.2 Å². The maximum absolute atomic E-state index is 12.2. The van der Waals surface area contributed by atoms with Crippen molar-refractivity contribution in [1.29, 1.82) is 0 Å². The number of piperazine rings is 1. The van der Waals surface area contributed by atoms with Crippen LogP contribution >= 0.6 is 0 Å². The lowest BCUT2D eigenvalue weighted by Gasteiger charge is -2.34. The molecule has 4 heteroatoms. The zero-order chi connectivity index (χ0) is 15.9. The average molecular weight is 302 g/mol. The van der Waals surface area contributed by atoms with E-state index in [-0.39, 0.29) is 11.7 Å². The van der Waals surface area contributed by atoms with Crippen molar-refractivity contribution < 1.29 is 9.59 Å². The Morgan fingerprint density at radius 3 is 2.14 bits per heavy atom. The van der Waals surface area contributed by atoms with E-state index >= 15 is 0 Å². The lowest BCUT2D eigenvalue weighted by atomic mass is 10.0. The van der Waals surface area contributed by atoms with Crippen molar-refractivity contribution in [2.24, 2.45) is 0 Å². The zero-order valence-electron chi connectivity index (χ0n) is 13.7. The summed E-state index contributed by atoms with van der Waals surface area (Å²) in [5.41, 5.74) is 1.93. The van der Waals surface area contributed by atoms with Gasteiger partial charge in [0, 0.05) is 44.6 Å². The molecular weight excluding hydrogens is 276 g/mol. The number of carbonyl (C=O) groups excluding carboxylic acids is 2. The highest BCUT2D eigenvalue weighted by atomic mass is 16.2. The highest BCUT2D eigenvalue weighted by Gasteiger charge is 2.20. The number of ketones is 1. The van der Waals surface area contributed by atoms with Crippen LogP contribution in [0.2, 0.25) is 0 Å². The molecule has 1 saturated heterocycles. The number of carbonyl (C=O) groups is 2. The Kier molecular flexibility index (Phi) is 6.13. The average Bonchev–Trinajstić information content (AvgIpc) is 2.59. The molecular formula is C18H26N2O2. The van der Waals surface area contributed by atoms with Crippen LogP contribution in [0.15, 0.2) is 24.3 Å². The molecule has 0 radical (unpaired) electrons. The number of likely N-dealkylation sites (N-methyl/N-ethyl adjacent to an activating group) is 1. The number of amides is 1. The molecule has 0 N–H and O–H groups in total. The molecule has 1 aromatic rings. The number of nitrogens with zero attached hydrogens (tertiary/aromatic N) is 2. The van der Waals surface area contributed by atoms with Gasteiger partial charge in [0.05, 0.1) is 0 Å². The predicted octanol–water partition coefficient (Wildman–Crippen LogP) is 2.38. The fourth-order valence-electron chi connectivity index (χ4n) is 2.76. The summed E-state index contributed by atoms with van der Waals surface area (Å²) in [6, 6.07) is 7.70.